The van der Waals surface area contributed by atoms with Crippen LogP contribution in [0.4, 0.5) is 15.5 Å². The quantitative estimate of drug-likeness (QED) is 0.730. The van der Waals surface area contributed by atoms with Gasteiger partial charge >= 0.3 is 12.2 Å². The highest BCUT2D eigenvalue weighted by molar-refractivity contribution is 6.31. The standard InChI is InChI=1S/C14H22BN3O4/c1-13(2,3)21-11(19)18(12(20)22-14(4,5)6)10-16-7-9(15)8-17-10/h7-8H,15H2,1-6H3. The van der Waals surface area contributed by atoms with Crippen LogP contribution in [0.2, 0.25) is 0 Å². The van der Waals surface area contributed by atoms with Gasteiger partial charge in [-0.2, -0.15) is 0 Å². The summed E-state index contributed by atoms with van der Waals surface area (Å²) in [6.45, 7) is 10.2. The van der Waals surface area contributed by atoms with Gasteiger partial charge < -0.3 is 9.47 Å². The molecule has 22 heavy (non-hydrogen) atoms. The molecule has 0 fully saturated rings. The lowest BCUT2D eigenvalue weighted by Crippen LogP contribution is -2.44. The van der Waals surface area contributed by atoms with E-state index in [1.54, 1.807) is 49.4 Å². The van der Waals surface area contributed by atoms with E-state index in [-0.39, 0.29) is 5.95 Å². The number of rotatable bonds is 1. The fraction of sp³-hybridized carbons (Fsp3) is 0.571. The smallest absolute Gasteiger partial charge is 0.427 e. The molecule has 0 aliphatic heterocycles. The Hall–Kier alpha value is -2.12. The first-order valence-corrected chi connectivity index (χ1v) is 6.94. The number of hydrogen-bond donors (Lipinski definition) is 0. The van der Waals surface area contributed by atoms with Crippen molar-refractivity contribution >= 4 is 31.4 Å². The van der Waals surface area contributed by atoms with Crippen LogP contribution in [0.5, 0.6) is 0 Å². The Labute approximate surface area is 131 Å². The van der Waals surface area contributed by atoms with Crippen LogP contribution in [0.25, 0.3) is 0 Å². The highest BCUT2D eigenvalue weighted by Crippen LogP contribution is 2.17. The first kappa shape index (κ1) is 17.9. The molecule has 0 bridgehead atoms. The third-order valence-corrected chi connectivity index (χ3v) is 2.12. The van der Waals surface area contributed by atoms with Gasteiger partial charge in [0.15, 0.2) is 0 Å². The van der Waals surface area contributed by atoms with Gasteiger partial charge in [0.2, 0.25) is 5.95 Å². The minimum absolute atomic E-state index is 0.0888. The molecular formula is C14H22BN3O4. The maximum absolute atomic E-state index is 12.3. The zero-order chi connectivity index (χ0) is 17.1. The van der Waals surface area contributed by atoms with Crippen LogP contribution in [-0.4, -0.2) is 41.2 Å². The van der Waals surface area contributed by atoms with Gasteiger partial charge in [0.25, 0.3) is 0 Å². The summed E-state index contributed by atoms with van der Waals surface area (Å²) in [6.07, 6.45) is 1.24. The van der Waals surface area contributed by atoms with Crippen molar-refractivity contribution in [1.29, 1.82) is 0 Å². The van der Waals surface area contributed by atoms with Crippen molar-refractivity contribution in [3.63, 3.8) is 0 Å². The Bertz CT molecular complexity index is 519. The maximum Gasteiger partial charge on any atom is 0.427 e. The molecule has 120 valence electrons. The van der Waals surface area contributed by atoms with E-state index in [9.17, 15) is 9.59 Å². The molecule has 8 heteroatoms. The number of ether oxygens (including phenoxy) is 2. The van der Waals surface area contributed by atoms with Crippen LogP contribution in [0.15, 0.2) is 12.4 Å². The van der Waals surface area contributed by atoms with Crippen LogP contribution in [-0.2, 0) is 9.47 Å². The van der Waals surface area contributed by atoms with Crippen LogP contribution in [0.1, 0.15) is 41.5 Å². The molecule has 0 spiro atoms. The van der Waals surface area contributed by atoms with E-state index >= 15 is 0 Å². The Kier molecular flexibility index (Phi) is 5.16. The fourth-order valence-electron chi connectivity index (χ4n) is 1.35. The zero-order valence-electron chi connectivity index (χ0n) is 14.1. The largest absolute Gasteiger partial charge is 0.443 e. The maximum atomic E-state index is 12.3. The summed E-state index contributed by atoms with van der Waals surface area (Å²) in [5.41, 5.74) is -0.721. The van der Waals surface area contributed by atoms with Gasteiger partial charge in [-0.15, -0.1) is 4.90 Å². The van der Waals surface area contributed by atoms with E-state index in [0.29, 0.717) is 4.90 Å². The number of hydrogen-bond acceptors (Lipinski definition) is 6. The molecule has 0 saturated carbocycles. The molecule has 0 radical (unpaired) electrons. The predicted molar refractivity (Wildman–Crippen MR) is 85.2 cm³/mol. The highest BCUT2D eigenvalue weighted by Gasteiger charge is 2.34. The van der Waals surface area contributed by atoms with E-state index in [0.717, 1.165) is 5.46 Å². The van der Waals surface area contributed by atoms with E-state index in [1.807, 2.05) is 0 Å². The predicted octanol–water partition coefficient (Wildman–Crippen LogP) is 1.41. The summed E-state index contributed by atoms with van der Waals surface area (Å²) in [5, 5.41) is 0. The van der Waals surface area contributed by atoms with Crippen LogP contribution < -0.4 is 10.4 Å². The van der Waals surface area contributed by atoms with Gasteiger partial charge in [0.1, 0.15) is 19.0 Å². The molecular weight excluding hydrogens is 285 g/mol. The van der Waals surface area contributed by atoms with Crippen molar-refractivity contribution in [2.45, 2.75) is 52.7 Å². The van der Waals surface area contributed by atoms with E-state index < -0.39 is 23.4 Å². The molecule has 0 atom stereocenters. The van der Waals surface area contributed by atoms with Crippen molar-refractivity contribution in [1.82, 2.24) is 9.97 Å². The molecule has 7 nitrogen and oxygen atoms in total. The number of imide groups is 1. The molecule has 0 aliphatic carbocycles. The summed E-state index contributed by atoms with van der Waals surface area (Å²) in [6, 6.07) is 0. The molecule has 1 aromatic heterocycles. The molecule has 2 amide bonds. The Balaban J connectivity index is 3.12. The average molecular weight is 307 g/mol. The lowest BCUT2D eigenvalue weighted by Gasteiger charge is -2.27. The molecule has 0 N–H and O–H groups in total. The second kappa shape index (κ2) is 6.33. The summed E-state index contributed by atoms with van der Waals surface area (Å²) in [5.74, 6) is -0.0888. The van der Waals surface area contributed by atoms with Gasteiger partial charge in [0, 0.05) is 12.4 Å². The first-order chi connectivity index (χ1) is 9.89. The van der Waals surface area contributed by atoms with Crippen molar-refractivity contribution in [3.8, 4) is 0 Å². The van der Waals surface area contributed by atoms with Gasteiger partial charge in [-0.3, -0.25) is 0 Å². The monoisotopic (exact) mass is 307 g/mol. The van der Waals surface area contributed by atoms with Crippen molar-refractivity contribution < 1.29 is 19.1 Å². The summed E-state index contributed by atoms with van der Waals surface area (Å²) in [7, 11) is 1.80. The normalized spacial score (nSPS) is 11.7. The van der Waals surface area contributed by atoms with Gasteiger partial charge in [0.05, 0.1) is 0 Å². The number of carbonyl (C=O) groups is 2. The number of amides is 2. The summed E-state index contributed by atoms with van der Waals surface area (Å²) >= 11 is 0. The third kappa shape index (κ3) is 5.71. The van der Waals surface area contributed by atoms with Crippen molar-refractivity contribution in [3.05, 3.63) is 12.4 Å². The Morgan fingerprint density at radius 1 is 0.955 bits per heavy atom. The summed E-state index contributed by atoms with van der Waals surface area (Å²) in [4.78, 5) is 33.3. The molecule has 0 saturated heterocycles. The minimum Gasteiger partial charge on any atom is -0.443 e. The van der Waals surface area contributed by atoms with E-state index in [4.69, 9.17) is 9.47 Å². The lowest BCUT2D eigenvalue weighted by atomic mass is 10.0. The topological polar surface area (TPSA) is 81.6 Å². The van der Waals surface area contributed by atoms with E-state index in [2.05, 4.69) is 9.97 Å². The minimum atomic E-state index is -0.884. The van der Waals surface area contributed by atoms with Gasteiger partial charge in [-0.1, -0.05) is 5.46 Å². The van der Waals surface area contributed by atoms with Crippen LogP contribution in [0, 0.1) is 0 Å². The molecule has 0 aromatic carbocycles. The van der Waals surface area contributed by atoms with Gasteiger partial charge in [-0.05, 0) is 41.5 Å². The molecule has 1 heterocycles. The molecule has 1 aromatic rings. The van der Waals surface area contributed by atoms with Crippen LogP contribution in [0.3, 0.4) is 0 Å². The molecule has 0 aliphatic rings. The second-order valence-electron chi connectivity index (χ2n) is 6.86. The fourth-order valence-corrected chi connectivity index (χ4v) is 1.35. The van der Waals surface area contributed by atoms with Gasteiger partial charge in [-0.25, -0.2) is 19.6 Å². The molecule has 0 unspecified atom stereocenters. The van der Waals surface area contributed by atoms with E-state index in [1.165, 1.54) is 12.4 Å². The summed E-state index contributed by atoms with van der Waals surface area (Å²) < 4.78 is 10.5. The van der Waals surface area contributed by atoms with Crippen molar-refractivity contribution in [2.24, 2.45) is 0 Å². The zero-order valence-corrected chi connectivity index (χ0v) is 14.1. The number of carbonyl (C=O) groups excluding carboxylic acids is 2. The van der Waals surface area contributed by atoms with Crippen molar-refractivity contribution in [2.75, 3.05) is 4.90 Å². The Morgan fingerprint density at radius 2 is 1.32 bits per heavy atom. The molecule has 1 rings (SSSR count). The third-order valence-electron chi connectivity index (χ3n) is 2.12. The second-order valence-corrected chi connectivity index (χ2v) is 6.86. The Morgan fingerprint density at radius 3 is 1.64 bits per heavy atom. The number of nitrogens with zero attached hydrogens (tertiary/aromatic N) is 3. The lowest BCUT2D eigenvalue weighted by molar-refractivity contribution is 0.0427. The van der Waals surface area contributed by atoms with Crippen LogP contribution >= 0.6 is 0 Å². The number of anilines is 1. The SMILES string of the molecule is Bc1cnc(N(C(=O)OC(C)(C)C)C(=O)OC(C)(C)C)nc1. The highest BCUT2D eigenvalue weighted by atomic mass is 16.6. The number of aromatic nitrogens is 2. The average Bonchev–Trinajstić information content (AvgIpc) is 2.27. The first-order valence-electron chi connectivity index (χ1n) is 6.94.